The molecule has 0 spiro atoms. The Labute approximate surface area is 196 Å². The van der Waals surface area contributed by atoms with Gasteiger partial charge in [0.2, 0.25) is 5.91 Å². The van der Waals surface area contributed by atoms with Crippen LogP contribution in [0.5, 0.6) is 5.75 Å². The van der Waals surface area contributed by atoms with Crippen molar-refractivity contribution in [1.82, 2.24) is 14.8 Å². The zero-order chi connectivity index (χ0) is 24.3. The fourth-order valence-electron chi connectivity index (χ4n) is 3.14. The fraction of sp³-hybridized carbons (Fsp3) is 0.348. The van der Waals surface area contributed by atoms with Crippen LogP contribution in [0.1, 0.15) is 33.3 Å². The molecule has 0 bridgehead atoms. The molecule has 0 saturated heterocycles. The molecular weight excluding hydrogens is 442 g/mol. The zero-order valence-corrected chi connectivity index (χ0v) is 20.3. The van der Waals surface area contributed by atoms with Gasteiger partial charge in [0.15, 0.2) is 11.0 Å². The van der Waals surface area contributed by atoms with E-state index in [2.05, 4.69) is 48.4 Å². The predicted molar refractivity (Wildman–Crippen MR) is 129 cm³/mol. The van der Waals surface area contributed by atoms with Gasteiger partial charge < -0.3 is 14.6 Å². The first-order valence-electron chi connectivity index (χ1n) is 10.3. The third-order valence-corrected chi connectivity index (χ3v) is 6.28. The number of hydrogen-bond acceptors (Lipinski definition) is 7. The van der Waals surface area contributed by atoms with Gasteiger partial charge in [-0.2, -0.15) is 0 Å². The molecule has 0 saturated carbocycles. The van der Waals surface area contributed by atoms with Crippen molar-refractivity contribution in [3.05, 3.63) is 58.1 Å². The molecule has 0 radical (unpaired) electrons. The third kappa shape index (κ3) is 5.51. The van der Waals surface area contributed by atoms with Crippen molar-refractivity contribution in [3.8, 4) is 17.1 Å². The Bertz CT molecular complexity index is 1170. The predicted octanol–water partition coefficient (Wildman–Crippen LogP) is 4.82. The molecule has 0 fully saturated rings. The van der Waals surface area contributed by atoms with Crippen molar-refractivity contribution in [1.29, 1.82) is 0 Å². The Morgan fingerprint density at radius 3 is 2.42 bits per heavy atom. The number of thioether (sulfide) groups is 1. The van der Waals surface area contributed by atoms with E-state index in [1.807, 2.05) is 23.7 Å². The number of anilines is 1. The first kappa shape index (κ1) is 24.2. The van der Waals surface area contributed by atoms with Crippen molar-refractivity contribution in [2.75, 3.05) is 12.4 Å². The van der Waals surface area contributed by atoms with E-state index in [1.165, 1.54) is 42.6 Å². The van der Waals surface area contributed by atoms with Crippen molar-refractivity contribution >= 4 is 29.0 Å². The highest BCUT2D eigenvalue weighted by atomic mass is 32.2. The summed E-state index contributed by atoms with van der Waals surface area (Å²) >= 11 is 1.25. The Balaban J connectivity index is 1.74. The Kier molecular flexibility index (Phi) is 7.06. The van der Waals surface area contributed by atoms with Gasteiger partial charge in [0.05, 0.1) is 23.0 Å². The van der Waals surface area contributed by atoms with Gasteiger partial charge in [-0.15, -0.1) is 10.2 Å². The number of methoxy groups -OCH3 is 1. The number of nitro benzene ring substituents is 1. The van der Waals surface area contributed by atoms with Crippen molar-refractivity contribution < 1.29 is 14.5 Å². The number of nitro groups is 1. The monoisotopic (exact) mass is 469 g/mol. The van der Waals surface area contributed by atoms with Gasteiger partial charge in [0.25, 0.3) is 5.69 Å². The maximum atomic E-state index is 12.8. The van der Waals surface area contributed by atoms with Gasteiger partial charge >= 0.3 is 0 Å². The molecule has 2 aromatic carbocycles. The van der Waals surface area contributed by atoms with Crippen LogP contribution in [0.15, 0.2) is 47.6 Å². The molecule has 0 aliphatic heterocycles. The summed E-state index contributed by atoms with van der Waals surface area (Å²) in [5.41, 5.74) is 2.32. The van der Waals surface area contributed by atoms with Crippen molar-refractivity contribution in [2.45, 2.75) is 43.5 Å². The van der Waals surface area contributed by atoms with Gasteiger partial charge in [0, 0.05) is 24.7 Å². The fourth-order valence-corrected chi connectivity index (χ4v) is 3.96. The number of nitrogens with zero attached hydrogens (tertiary/aromatic N) is 4. The Hall–Kier alpha value is -3.40. The standard InChI is InChI=1S/C23H27N5O4S/c1-14(21(29)24-18-13-17(28(30)31)11-12-19(18)32-6)33-22-26-25-20(27(22)5)15-7-9-16(10-8-15)23(2,3)4/h7-14H,1-6H3,(H,24,29). The van der Waals surface area contributed by atoms with Gasteiger partial charge in [-0.1, -0.05) is 56.8 Å². The average molecular weight is 470 g/mol. The zero-order valence-electron chi connectivity index (χ0n) is 19.4. The van der Waals surface area contributed by atoms with E-state index < -0.39 is 10.2 Å². The van der Waals surface area contributed by atoms with Crippen LogP contribution in [0.25, 0.3) is 11.4 Å². The number of non-ortho nitro benzene ring substituents is 1. The van der Waals surface area contributed by atoms with Gasteiger partial charge in [0.1, 0.15) is 5.75 Å². The molecule has 1 heterocycles. The number of aromatic nitrogens is 3. The molecule has 1 aromatic heterocycles. The molecule has 1 atom stereocenters. The van der Waals surface area contributed by atoms with Crippen LogP contribution in [0.4, 0.5) is 11.4 Å². The quantitative estimate of drug-likeness (QED) is 0.300. The van der Waals surface area contributed by atoms with Crippen LogP contribution >= 0.6 is 11.8 Å². The van der Waals surface area contributed by atoms with E-state index in [0.29, 0.717) is 16.7 Å². The summed E-state index contributed by atoms with van der Waals surface area (Å²) in [5.74, 6) is 0.703. The van der Waals surface area contributed by atoms with E-state index in [0.717, 1.165) is 5.56 Å². The second-order valence-electron chi connectivity index (χ2n) is 8.58. The number of hydrogen-bond donors (Lipinski definition) is 1. The summed E-state index contributed by atoms with van der Waals surface area (Å²) in [7, 11) is 3.29. The number of carbonyl (C=O) groups is 1. The Morgan fingerprint density at radius 2 is 1.85 bits per heavy atom. The van der Waals surface area contributed by atoms with Crippen LogP contribution in [0, 0.1) is 10.1 Å². The summed E-state index contributed by atoms with van der Waals surface area (Å²) in [6.07, 6.45) is 0. The first-order chi connectivity index (χ1) is 15.5. The third-order valence-electron chi connectivity index (χ3n) is 5.15. The molecule has 174 valence electrons. The van der Waals surface area contributed by atoms with Crippen molar-refractivity contribution in [2.24, 2.45) is 7.05 Å². The average Bonchev–Trinajstić information content (AvgIpc) is 3.13. The largest absolute Gasteiger partial charge is 0.495 e. The maximum absolute atomic E-state index is 12.8. The molecule has 0 aliphatic carbocycles. The lowest BCUT2D eigenvalue weighted by Gasteiger charge is -2.19. The number of ether oxygens (including phenoxy) is 1. The SMILES string of the molecule is COc1ccc([N+](=O)[O-])cc1NC(=O)C(C)Sc1nnc(-c2ccc(C(C)(C)C)cc2)n1C. The molecule has 3 aromatic rings. The number of benzene rings is 2. The minimum absolute atomic E-state index is 0.0596. The lowest BCUT2D eigenvalue weighted by Crippen LogP contribution is -2.23. The van der Waals surface area contributed by atoms with Crippen LogP contribution in [0.3, 0.4) is 0 Å². The molecule has 9 nitrogen and oxygen atoms in total. The molecule has 1 amide bonds. The normalized spacial score (nSPS) is 12.3. The summed E-state index contributed by atoms with van der Waals surface area (Å²) < 4.78 is 7.05. The highest BCUT2D eigenvalue weighted by Gasteiger charge is 2.22. The molecular formula is C23H27N5O4S. The summed E-state index contributed by atoms with van der Waals surface area (Å²) in [6, 6.07) is 12.2. The number of carbonyl (C=O) groups excluding carboxylic acids is 1. The van der Waals surface area contributed by atoms with Crippen LogP contribution in [-0.4, -0.2) is 38.0 Å². The molecule has 10 heteroatoms. The summed E-state index contributed by atoms with van der Waals surface area (Å²) in [6.45, 7) is 8.22. The summed E-state index contributed by atoms with van der Waals surface area (Å²) in [4.78, 5) is 23.3. The molecule has 33 heavy (non-hydrogen) atoms. The van der Waals surface area contributed by atoms with Gasteiger partial charge in [-0.05, 0) is 24.0 Å². The van der Waals surface area contributed by atoms with Crippen molar-refractivity contribution in [3.63, 3.8) is 0 Å². The minimum atomic E-state index is -0.534. The summed E-state index contributed by atoms with van der Waals surface area (Å²) in [5, 5.41) is 22.4. The molecule has 0 aliphatic rings. The highest BCUT2D eigenvalue weighted by molar-refractivity contribution is 8.00. The lowest BCUT2D eigenvalue weighted by molar-refractivity contribution is -0.384. The van der Waals surface area contributed by atoms with E-state index in [4.69, 9.17) is 4.74 Å². The number of nitrogens with one attached hydrogen (secondary N) is 1. The molecule has 1 unspecified atom stereocenters. The Morgan fingerprint density at radius 1 is 1.18 bits per heavy atom. The van der Waals surface area contributed by atoms with E-state index in [9.17, 15) is 14.9 Å². The van der Waals surface area contributed by atoms with E-state index >= 15 is 0 Å². The molecule has 3 rings (SSSR count). The van der Waals surface area contributed by atoms with Crippen LogP contribution < -0.4 is 10.1 Å². The molecule has 1 N–H and O–H groups in total. The second kappa shape index (κ2) is 9.62. The van der Waals surface area contributed by atoms with Crippen LogP contribution in [0.2, 0.25) is 0 Å². The van der Waals surface area contributed by atoms with E-state index in [-0.39, 0.29) is 22.7 Å². The number of amides is 1. The van der Waals surface area contributed by atoms with E-state index in [1.54, 1.807) is 6.92 Å². The van der Waals surface area contributed by atoms with Gasteiger partial charge in [-0.3, -0.25) is 14.9 Å². The minimum Gasteiger partial charge on any atom is -0.495 e. The highest BCUT2D eigenvalue weighted by Crippen LogP contribution is 2.31. The number of rotatable bonds is 7. The smallest absolute Gasteiger partial charge is 0.271 e. The maximum Gasteiger partial charge on any atom is 0.271 e. The topological polar surface area (TPSA) is 112 Å². The second-order valence-corrected chi connectivity index (χ2v) is 9.89. The lowest BCUT2D eigenvalue weighted by atomic mass is 9.87. The first-order valence-corrected chi connectivity index (χ1v) is 11.2. The van der Waals surface area contributed by atoms with Crippen LogP contribution in [-0.2, 0) is 17.3 Å². The van der Waals surface area contributed by atoms with Gasteiger partial charge in [-0.25, -0.2) is 0 Å².